The van der Waals surface area contributed by atoms with E-state index in [9.17, 15) is 26.3 Å². The van der Waals surface area contributed by atoms with Gasteiger partial charge in [0.2, 0.25) is 5.69 Å². The summed E-state index contributed by atoms with van der Waals surface area (Å²) in [6.45, 7) is 7.57. The molecule has 0 unspecified atom stereocenters. The number of fused-ring (bicyclic) bond motifs is 2. The average molecular weight is 646 g/mol. The number of benzene rings is 2. The van der Waals surface area contributed by atoms with Crippen LogP contribution in [0.5, 0.6) is 0 Å². The molecule has 2 heterocycles. The van der Waals surface area contributed by atoms with Crippen molar-refractivity contribution in [2.75, 3.05) is 19.0 Å². The zero-order valence-electron chi connectivity index (χ0n) is 21.9. The monoisotopic (exact) mass is 646 g/mol. The van der Waals surface area contributed by atoms with Crippen molar-refractivity contribution >= 4 is 17.1 Å². The lowest BCUT2D eigenvalue weighted by Crippen LogP contribution is -3.00. The Kier molecular flexibility index (Phi) is 7.80. The molecule has 0 N–H and O–H groups in total. The molecule has 0 saturated carbocycles. The maximum absolute atomic E-state index is 13.3. The number of rotatable bonds is 3. The summed E-state index contributed by atoms with van der Waals surface area (Å²) in [5.41, 5.74) is 1.80. The summed E-state index contributed by atoms with van der Waals surface area (Å²) in [4.78, 5) is 1.89. The molecule has 0 aliphatic carbocycles. The summed E-state index contributed by atoms with van der Waals surface area (Å²) in [5, 5.41) is 0. The lowest BCUT2D eigenvalue weighted by Gasteiger charge is -2.23. The van der Waals surface area contributed by atoms with Gasteiger partial charge >= 0.3 is 12.4 Å². The zero-order valence-corrected chi connectivity index (χ0v) is 24.0. The molecule has 2 nitrogen and oxygen atoms in total. The fraction of sp³-hybridized carbons (Fsp3) is 0.345. The molecule has 2 aliphatic heterocycles. The number of hydrogen-bond donors (Lipinski definition) is 0. The SMILES string of the molecule is CN1/C(=C/C=C/C=C/C2=[N+](C)c3ccc(C(F)(F)F)cc3C2(C)C)C(C)(C)c2cc(C(F)(F)F)ccc21.[I-]. The maximum Gasteiger partial charge on any atom is 0.416 e. The van der Waals surface area contributed by atoms with E-state index < -0.39 is 34.3 Å². The molecule has 2 aliphatic rings. The summed E-state index contributed by atoms with van der Waals surface area (Å²) in [6, 6.07) is 7.63. The summed E-state index contributed by atoms with van der Waals surface area (Å²) < 4.78 is 81.4. The molecular formula is C29H29F6IN2. The Labute approximate surface area is 236 Å². The van der Waals surface area contributed by atoms with Crippen LogP contribution in [-0.4, -0.2) is 24.4 Å². The Morgan fingerprint density at radius 3 is 1.89 bits per heavy atom. The lowest BCUT2D eigenvalue weighted by atomic mass is 9.80. The van der Waals surface area contributed by atoms with E-state index in [2.05, 4.69) is 0 Å². The predicted molar refractivity (Wildman–Crippen MR) is 135 cm³/mol. The highest BCUT2D eigenvalue weighted by molar-refractivity contribution is 6.03. The Bertz CT molecular complexity index is 1370. The summed E-state index contributed by atoms with van der Waals surface area (Å²) in [5.74, 6) is 0. The van der Waals surface area contributed by atoms with Crippen LogP contribution in [-0.2, 0) is 23.2 Å². The normalized spacial score (nSPS) is 19.5. The molecule has 204 valence electrons. The van der Waals surface area contributed by atoms with Crippen molar-refractivity contribution < 1.29 is 54.9 Å². The number of hydrogen-bond acceptors (Lipinski definition) is 1. The largest absolute Gasteiger partial charge is 1.00 e. The topological polar surface area (TPSA) is 6.25 Å². The van der Waals surface area contributed by atoms with Crippen LogP contribution in [0.15, 0.2) is 72.5 Å². The molecule has 0 spiro atoms. The second kappa shape index (κ2) is 9.88. The van der Waals surface area contributed by atoms with E-state index >= 15 is 0 Å². The number of halogens is 7. The second-order valence-corrected chi connectivity index (χ2v) is 10.5. The van der Waals surface area contributed by atoms with Crippen LogP contribution in [0.1, 0.15) is 49.9 Å². The van der Waals surface area contributed by atoms with Crippen molar-refractivity contribution in [3.63, 3.8) is 0 Å². The standard InChI is InChI=1S/C29H29F6N2.HI/c1-26(2)20-16-18(28(30,31)32)12-14-22(20)36(5)24(26)10-8-7-9-11-25-27(3,4)21-17-19(29(33,34)35)13-15-23(21)37(25)6;/h7-17H,1-6H3;1H/q+1;/p-1. The molecule has 0 atom stereocenters. The van der Waals surface area contributed by atoms with Gasteiger partial charge in [-0.05, 0) is 55.8 Å². The number of alkyl halides is 6. The molecule has 9 heteroatoms. The Morgan fingerprint density at radius 2 is 1.32 bits per heavy atom. The maximum atomic E-state index is 13.3. The first-order valence-corrected chi connectivity index (χ1v) is 11.8. The molecule has 0 amide bonds. The average Bonchev–Trinajstić information content (AvgIpc) is 3.10. The fourth-order valence-corrected chi connectivity index (χ4v) is 5.38. The third-order valence-corrected chi connectivity index (χ3v) is 7.45. The number of nitrogens with zero attached hydrogens (tertiary/aromatic N) is 2. The van der Waals surface area contributed by atoms with Crippen LogP contribution in [0.2, 0.25) is 0 Å². The van der Waals surface area contributed by atoms with Gasteiger partial charge in [-0.3, -0.25) is 0 Å². The van der Waals surface area contributed by atoms with Crippen molar-refractivity contribution in [2.45, 2.75) is 50.9 Å². The van der Waals surface area contributed by atoms with Gasteiger partial charge in [-0.1, -0.05) is 32.1 Å². The van der Waals surface area contributed by atoms with E-state index in [0.29, 0.717) is 11.1 Å². The van der Waals surface area contributed by atoms with Gasteiger partial charge in [-0.15, -0.1) is 0 Å². The van der Waals surface area contributed by atoms with Crippen molar-refractivity contribution in [1.82, 2.24) is 0 Å². The first-order valence-electron chi connectivity index (χ1n) is 11.8. The van der Waals surface area contributed by atoms with Gasteiger partial charge < -0.3 is 28.9 Å². The molecule has 4 rings (SSSR count). The van der Waals surface area contributed by atoms with Crippen molar-refractivity contribution in [3.05, 3.63) is 94.7 Å². The Hall–Kier alpha value is -2.56. The minimum atomic E-state index is -4.41. The highest BCUT2D eigenvalue weighted by Gasteiger charge is 2.45. The summed E-state index contributed by atoms with van der Waals surface area (Å²) >= 11 is 0. The van der Waals surface area contributed by atoms with Crippen LogP contribution >= 0.6 is 0 Å². The Balaban J connectivity index is 0.00000400. The minimum absolute atomic E-state index is 0. The van der Waals surface area contributed by atoms with Crippen molar-refractivity contribution in [2.24, 2.45) is 0 Å². The van der Waals surface area contributed by atoms with Gasteiger partial charge in [-0.2, -0.15) is 30.9 Å². The minimum Gasteiger partial charge on any atom is -1.00 e. The molecule has 0 radical (unpaired) electrons. The van der Waals surface area contributed by atoms with Crippen molar-refractivity contribution in [3.8, 4) is 0 Å². The van der Waals surface area contributed by atoms with Crippen molar-refractivity contribution in [1.29, 1.82) is 0 Å². The van der Waals surface area contributed by atoms with Crippen LogP contribution in [0, 0.1) is 0 Å². The van der Waals surface area contributed by atoms with Crippen LogP contribution < -0.4 is 28.9 Å². The summed E-state index contributed by atoms with van der Waals surface area (Å²) in [7, 11) is 3.66. The van der Waals surface area contributed by atoms with E-state index in [-0.39, 0.29) is 24.0 Å². The first kappa shape index (κ1) is 30.0. The van der Waals surface area contributed by atoms with E-state index in [0.717, 1.165) is 34.9 Å². The number of likely N-dealkylation sites (N-methyl/N-ethyl adjacent to an activating group) is 1. The van der Waals surface area contributed by atoms with Gasteiger partial charge in [-0.25, -0.2) is 0 Å². The van der Waals surface area contributed by atoms with E-state index in [1.165, 1.54) is 24.3 Å². The third kappa shape index (κ3) is 5.05. The summed E-state index contributed by atoms with van der Waals surface area (Å²) in [6.07, 6.45) is 0.367. The van der Waals surface area contributed by atoms with Crippen LogP contribution in [0.4, 0.5) is 37.7 Å². The number of anilines is 1. The zero-order chi connectivity index (χ0) is 27.6. The third-order valence-electron chi connectivity index (χ3n) is 7.45. The molecule has 2 aromatic rings. The molecule has 0 saturated heterocycles. The number of allylic oxidation sites excluding steroid dienone is 6. The van der Waals surface area contributed by atoms with Crippen LogP contribution in [0.3, 0.4) is 0 Å². The Morgan fingerprint density at radius 1 is 0.763 bits per heavy atom. The molecule has 0 fully saturated rings. The smallest absolute Gasteiger partial charge is 0.416 e. The molecule has 0 aromatic heterocycles. The fourth-order valence-electron chi connectivity index (χ4n) is 5.38. The van der Waals surface area contributed by atoms with E-state index in [4.69, 9.17) is 0 Å². The molecular weight excluding hydrogens is 617 g/mol. The van der Waals surface area contributed by atoms with Gasteiger partial charge in [0, 0.05) is 41.6 Å². The highest BCUT2D eigenvalue weighted by atomic mass is 127. The first-order chi connectivity index (χ1) is 17.0. The highest BCUT2D eigenvalue weighted by Crippen LogP contribution is 2.48. The van der Waals surface area contributed by atoms with Gasteiger partial charge in [0.25, 0.3) is 0 Å². The van der Waals surface area contributed by atoms with E-state index in [1.54, 1.807) is 0 Å². The van der Waals surface area contributed by atoms with Crippen LogP contribution in [0.25, 0.3) is 0 Å². The van der Waals surface area contributed by atoms with Gasteiger partial charge in [0.15, 0.2) is 5.71 Å². The second-order valence-electron chi connectivity index (χ2n) is 10.5. The lowest BCUT2D eigenvalue weighted by molar-refractivity contribution is -0.401. The quantitative estimate of drug-likeness (QED) is 0.194. The molecule has 2 aromatic carbocycles. The predicted octanol–water partition coefficient (Wildman–Crippen LogP) is 5.16. The van der Waals surface area contributed by atoms with Gasteiger partial charge in [0.05, 0.1) is 16.5 Å². The molecule has 38 heavy (non-hydrogen) atoms. The van der Waals surface area contributed by atoms with E-state index in [1.807, 2.05) is 81.6 Å². The molecule has 0 bridgehead atoms. The van der Waals surface area contributed by atoms with Gasteiger partial charge in [0.1, 0.15) is 7.05 Å².